The van der Waals surface area contributed by atoms with Gasteiger partial charge in [0, 0.05) is 12.3 Å². The van der Waals surface area contributed by atoms with Crippen molar-refractivity contribution in [2.45, 2.75) is 6.54 Å². The van der Waals surface area contributed by atoms with Gasteiger partial charge in [-0.1, -0.05) is 6.07 Å². The molecule has 0 radical (unpaired) electrons. The molecule has 1 heterocycles. The highest BCUT2D eigenvalue weighted by molar-refractivity contribution is 7.90. The van der Waals surface area contributed by atoms with Crippen molar-refractivity contribution in [1.82, 2.24) is 9.78 Å². The Hall–Kier alpha value is -1.96. The lowest BCUT2D eigenvalue weighted by Gasteiger charge is -2.02. The zero-order chi connectivity index (χ0) is 13.3. The van der Waals surface area contributed by atoms with Gasteiger partial charge in [-0.2, -0.15) is 5.10 Å². The van der Waals surface area contributed by atoms with E-state index in [0.29, 0.717) is 10.9 Å². The van der Waals surface area contributed by atoms with E-state index in [1.165, 1.54) is 16.9 Å². The van der Waals surface area contributed by atoms with Crippen molar-refractivity contribution in [3.05, 3.63) is 34.5 Å². The highest BCUT2D eigenvalue weighted by Crippen LogP contribution is 2.24. The summed E-state index contributed by atoms with van der Waals surface area (Å²) in [5.74, 6) is -0.0491. The number of aryl methyl sites for hydroxylation is 1. The van der Waals surface area contributed by atoms with E-state index in [2.05, 4.69) is 5.10 Å². The Kier molecular flexibility index (Phi) is 3.04. The molecule has 0 aliphatic carbocycles. The first-order valence-electron chi connectivity index (χ1n) is 5.15. The van der Waals surface area contributed by atoms with Crippen LogP contribution in [0.1, 0.15) is 0 Å². The summed E-state index contributed by atoms with van der Waals surface area (Å²) in [5.41, 5.74) is 0.533. The molecule has 2 rings (SSSR count). The molecule has 0 saturated heterocycles. The van der Waals surface area contributed by atoms with Gasteiger partial charge in [0.05, 0.1) is 34.3 Å². The highest BCUT2D eigenvalue weighted by atomic mass is 32.2. The lowest BCUT2D eigenvalue weighted by Crippen LogP contribution is -2.11. The maximum atomic E-state index is 11.1. The fourth-order valence-electron chi connectivity index (χ4n) is 1.68. The molecule has 0 aliphatic rings. The second kappa shape index (κ2) is 4.37. The number of aromatic nitrogens is 2. The van der Waals surface area contributed by atoms with E-state index in [4.69, 9.17) is 0 Å². The number of fused-ring (bicyclic) bond motifs is 1. The van der Waals surface area contributed by atoms with Crippen molar-refractivity contribution < 1.29 is 13.3 Å². The van der Waals surface area contributed by atoms with Crippen LogP contribution < -0.4 is 0 Å². The zero-order valence-electron chi connectivity index (χ0n) is 9.61. The molecule has 0 aliphatic heterocycles. The fourth-order valence-corrected chi connectivity index (χ4v) is 2.18. The Morgan fingerprint density at radius 2 is 2.17 bits per heavy atom. The quantitative estimate of drug-likeness (QED) is 0.609. The van der Waals surface area contributed by atoms with Crippen LogP contribution in [0.15, 0.2) is 24.4 Å². The molecule has 0 saturated carbocycles. The number of benzene rings is 1. The normalized spacial score (nSPS) is 11.8. The van der Waals surface area contributed by atoms with Gasteiger partial charge in [0.1, 0.15) is 9.84 Å². The van der Waals surface area contributed by atoms with Gasteiger partial charge in [0.15, 0.2) is 0 Å². The zero-order valence-corrected chi connectivity index (χ0v) is 10.4. The maximum absolute atomic E-state index is 11.1. The number of rotatable bonds is 4. The highest BCUT2D eigenvalue weighted by Gasteiger charge is 2.15. The monoisotopic (exact) mass is 269 g/mol. The first-order valence-corrected chi connectivity index (χ1v) is 7.21. The summed E-state index contributed by atoms with van der Waals surface area (Å²) in [6.45, 7) is 0.184. The largest absolute Gasteiger partial charge is 0.280 e. The minimum Gasteiger partial charge on any atom is -0.264 e. The van der Waals surface area contributed by atoms with E-state index in [1.807, 2.05) is 0 Å². The van der Waals surface area contributed by atoms with E-state index in [9.17, 15) is 18.5 Å². The number of nitro groups is 1. The second-order valence-electron chi connectivity index (χ2n) is 3.96. The summed E-state index contributed by atoms with van der Waals surface area (Å²) in [7, 11) is -3.09. The Bertz CT molecular complexity index is 705. The maximum Gasteiger partial charge on any atom is 0.280 e. The van der Waals surface area contributed by atoms with Crippen LogP contribution in [0.5, 0.6) is 0 Å². The van der Waals surface area contributed by atoms with E-state index >= 15 is 0 Å². The van der Waals surface area contributed by atoms with Crippen LogP contribution in [0.4, 0.5) is 5.69 Å². The Morgan fingerprint density at radius 3 is 2.78 bits per heavy atom. The van der Waals surface area contributed by atoms with Crippen LogP contribution in [0.3, 0.4) is 0 Å². The van der Waals surface area contributed by atoms with Gasteiger partial charge in [-0.05, 0) is 6.07 Å². The van der Waals surface area contributed by atoms with Crippen molar-refractivity contribution in [3.63, 3.8) is 0 Å². The topological polar surface area (TPSA) is 95.1 Å². The third-order valence-electron chi connectivity index (χ3n) is 2.53. The molecule has 0 spiro atoms. The minimum atomic E-state index is -3.09. The van der Waals surface area contributed by atoms with Crippen LogP contribution in [0, 0.1) is 10.1 Å². The van der Waals surface area contributed by atoms with Crippen LogP contribution in [0.2, 0.25) is 0 Å². The third-order valence-corrected chi connectivity index (χ3v) is 3.46. The minimum absolute atomic E-state index is 0.0295. The van der Waals surface area contributed by atoms with Gasteiger partial charge in [-0.25, -0.2) is 8.42 Å². The average Bonchev–Trinajstić information content (AvgIpc) is 2.68. The number of hydrogen-bond acceptors (Lipinski definition) is 5. The summed E-state index contributed by atoms with van der Waals surface area (Å²) in [5, 5.41) is 15.2. The Morgan fingerprint density at radius 1 is 1.44 bits per heavy atom. The molecule has 0 amide bonds. The number of non-ortho nitro benzene ring substituents is 1. The molecule has 18 heavy (non-hydrogen) atoms. The Labute approximate surface area is 103 Å². The number of hydrogen-bond donors (Lipinski definition) is 0. The van der Waals surface area contributed by atoms with Crippen molar-refractivity contribution in [2.75, 3.05) is 12.0 Å². The second-order valence-corrected chi connectivity index (χ2v) is 6.22. The molecule has 1 aromatic heterocycles. The predicted molar refractivity (Wildman–Crippen MR) is 66.1 cm³/mol. The standard InChI is InChI=1S/C10H11N3O4S/c1-18(16,17)6-5-12-9-3-2-4-10(13(14)15)8(9)7-11-12/h2-4,7H,5-6H2,1H3. The number of sulfone groups is 1. The van der Waals surface area contributed by atoms with Gasteiger partial charge < -0.3 is 0 Å². The van der Waals surface area contributed by atoms with Gasteiger partial charge >= 0.3 is 0 Å². The molecule has 2 aromatic rings. The van der Waals surface area contributed by atoms with Crippen LogP contribution >= 0.6 is 0 Å². The molecule has 7 nitrogen and oxygen atoms in total. The third kappa shape index (κ3) is 2.48. The Balaban J connectivity index is 2.43. The van der Waals surface area contributed by atoms with E-state index < -0.39 is 14.8 Å². The van der Waals surface area contributed by atoms with Crippen molar-refractivity contribution in [3.8, 4) is 0 Å². The average molecular weight is 269 g/mol. The summed E-state index contributed by atoms with van der Waals surface area (Å²) in [4.78, 5) is 10.3. The number of nitrogens with zero attached hydrogens (tertiary/aromatic N) is 3. The van der Waals surface area contributed by atoms with Crippen molar-refractivity contribution in [1.29, 1.82) is 0 Å². The van der Waals surface area contributed by atoms with Gasteiger partial charge in [-0.15, -0.1) is 0 Å². The van der Waals surface area contributed by atoms with E-state index in [1.54, 1.807) is 12.1 Å². The summed E-state index contributed by atoms with van der Waals surface area (Å²) in [6.07, 6.45) is 2.52. The molecule has 0 unspecified atom stereocenters. The molecule has 0 N–H and O–H groups in total. The first-order chi connectivity index (χ1) is 8.38. The molecule has 0 bridgehead atoms. The summed E-state index contributed by atoms with van der Waals surface area (Å²) in [6, 6.07) is 4.63. The molecule has 1 aromatic carbocycles. The van der Waals surface area contributed by atoms with Gasteiger partial charge in [0.2, 0.25) is 0 Å². The molecule has 0 atom stereocenters. The SMILES string of the molecule is CS(=O)(=O)CCn1ncc2c([N+](=O)[O-])cccc21. The molecular weight excluding hydrogens is 258 g/mol. The summed E-state index contributed by atoms with van der Waals surface area (Å²) >= 11 is 0. The van der Waals surface area contributed by atoms with Crippen LogP contribution in [-0.4, -0.2) is 35.1 Å². The van der Waals surface area contributed by atoms with Crippen molar-refractivity contribution in [2.24, 2.45) is 0 Å². The van der Waals surface area contributed by atoms with Crippen LogP contribution in [-0.2, 0) is 16.4 Å². The van der Waals surface area contributed by atoms with Gasteiger partial charge in [0.25, 0.3) is 5.69 Å². The van der Waals surface area contributed by atoms with E-state index in [-0.39, 0.29) is 18.0 Å². The van der Waals surface area contributed by atoms with Gasteiger partial charge in [-0.3, -0.25) is 14.8 Å². The smallest absolute Gasteiger partial charge is 0.264 e. The lowest BCUT2D eigenvalue weighted by atomic mass is 10.2. The fraction of sp³-hybridized carbons (Fsp3) is 0.300. The molecule has 8 heteroatoms. The van der Waals surface area contributed by atoms with E-state index in [0.717, 1.165) is 6.26 Å². The number of nitro benzene ring substituents is 1. The predicted octanol–water partition coefficient (Wildman–Crippen LogP) is 0.989. The van der Waals surface area contributed by atoms with Crippen molar-refractivity contribution >= 4 is 26.4 Å². The van der Waals surface area contributed by atoms with Crippen LogP contribution in [0.25, 0.3) is 10.9 Å². The lowest BCUT2D eigenvalue weighted by molar-refractivity contribution is -0.383. The molecule has 0 fully saturated rings. The molecular formula is C10H11N3O4S. The summed E-state index contributed by atoms with van der Waals surface area (Å²) < 4.78 is 23.6. The molecule has 96 valence electrons. The first kappa shape index (κ1) is 12.5.